The number of aryl methyl sites for hydroxylation is 1. The molecule has 162 valence electrons. The minimum absolute atomic E-state index is 0.0374. The first-order valence-corrected chi connectivity index (χ1v) is 11.5. The first-order valence-electron chi connectivity index (χ1n) is 10.2. The predicted octanol–water partition coefficient (Wildman–Crippen LogP) is 5.39. The van der Waals surface area contributed by atoms with Crippen molar-refractivity contribution >= 4 is 28.8 Å². The van der Waals surface area contributed by atoms with Crippen LogP contribution in [-0.2, 0) is 13.2 Å². The van der Waals surface area contributed by atoms with Crippen LogP contribution in [0.15, 0.2) is 53.9 Å². The molecule has 31 heavy (non-hydrogen) atoms. The van der Waals surface area contributed by atoms with Crippen LogP contribution in [0.1, 0.15) is 26.4 Å². The lowest BCUT2D eigenvalue weighted by molar-refractivity contribution is 0.0631. The molecule has 2 aromatic carbocycles. The number of hydrogen-bond acceptors (Lipinski definition) is 4. The van der Waals surface area contributed by atoms with Gasteiger partial charge in [-0.15, -0.1) is 11.3 Å². The second-order valence-corrected chi connectivity index (χ2v) is 9.01. The maximum atomic E-state index is 14.0. The Hall–Kier alpha value is -2.41. The van der Waals surface area contributed by atoms with Gasteiger partial charge in [0.2, 0.25) is 0 Å². The highest BCUT2D eigenvalue weighted by molar-refractivity contribution is 7.12. The molecule has 0 unspecified atom stereocenters. The summed E-state index contributed by atoms with van der Waals surface area (Å²) < 4.78 is 19.9. The Morgan fingerprint density at radius 3 is 2.65 bits per heavy atom. The van der Waals surface area contributed by atoms with E-state index in [-0.39, 0.29) is 11.7 Å². The Labute approximate surface area is 190 Å². The first kappa shape index (κ1) is 21.8. The topological polar surface area (TPSA) is 32.8 Å². The Kier molecular flexibility index (Phi) is 6.90. The van der Waals surface area contributed by atoms with Crippen molar-refractivity contribution < 1.29 is 13.9 Å². The number of nitrogens with zero attached hydrogens (tertiary/aromatic N) is 2. The fraction of sp³-hybridized carbons (Fsp3) is 0.292. The number of benzene rings is 2. The summed E-state index contributed by atoms with van der Waals surface area (Å²) in [5.41, 5.74) is 2.65. The van der Waals surface area contributed by atoms with Crippen LogP contribution in [0.25, 0.3) is 0 Å². The molecule has 1 aliphatic rings. The van der Waals surface area contributed by atoms with Gasteiger partial charge in [0.15, 0.2) is 0 Å². The molecule has 0 atom stereocenters. The standard InChI is InChI=1S/C24H24ClFN2O2S/c1-17-4-2-5-19(12-17)30-15-18-13-23(31-16-18)24(29)28-10-8-27(9-11-28)14-20-21(25)6-3-7-22(20)26/h2-7,12-13,16H,8-11,14-15H2,1H3. The van der Waals surface area contributed by atoms with Crippen LogP contribution in [0.5, 0.6) is 5.75 Å². The van der Waals surface area contributed by atoms with Gasteiger partial charge in [-0.05, 0) is 48.2 Å². The zero-order chi connectivity index (χ0) is 21.8. The molecule has 0 saturated carbocycles. The van der Waals surface area contributed by atoms with E-state index in [0.29, 0.717) is 54.8 Å². The van der Waals surface area contributed by atoms with E-state index >= 15 is 0 Å². The summed E-state index contributed by atoms with van der Waals surface area (Å²) in [6.07, 6.45) is 0. The maximum absolute atomic E-state index is 14.0. The number of carbonyl (C=O) groups is 1. The van der Waals surface area contributed by atoms with Crippen LogP contribution in [-0.4, -0.2) is 41.9 Å². The molecule has 7 heteroatoms. The third-order valence-electron chi connectivity index (χ3n) is 5.36. The largest absolute Gasteiger partial charge is 0.489 e. The van der Waals surface area contributed by atoms with Crippen LogP contribution in [0.3, 0.4) is 0 Å². The molecule has 1 aliphatic heterocycles. The lowest BCUT2D eigenvalue weighted by atomic mass is 10.1. The van der Waals surface area contributed by atoms with Gasteiger partial charge in [-0.3, -0.25) is 9.69 Å². The van der Waals surface area contributed by atoms with Gasteiger partial charge in [-0.25, -0.2) is 4.39 Å². The molecule has 0 radical (unpaired) electrons. The summed E-state index contributed by atoms with van der Waals surface area (Å²) in [5.74, 6) is 0.575. The number of carbonyl (C=O) groups excluding carboxylic acids is 1. The number of ether oxygens (including phenoxy) is 1. The zero-order valence-electron chi connectivity index (χ0n) is 17.3. The number of piperazine rings is 1. The van der Waals surface area contributed by atoms with Crippen LogP contribution in [0.4, 0.5) is 4.39 Å². The van der Waals surface area contributed by atoms with E-state index in [9.17, 15) is 9.18 Å². The van der Waals surface area contributed by atoms with E-state index in [0.717, 1.165) is 16.9 Å². The summed E-state index contributed by atoms with van der Waals surface area (Å²) in [6.45, 7) is 5.50. The van der Waals surface area contributed by atoms with Crippen molar-refractivity contribution in [2.45, 2.75) is 20.1 Å². The van der Waals surface area contributed by atoms with E-state index in [4.69, 9.17) is 16.3 Å². The predicted molar refractivity (Wildman–Crippen MR) is 122 cm³/mol. The Balaban J connectivity index is 1.30. The minimum Gasteiger partial charge on any atom is -0.489 e. The van der Waals surface area contributed by atoms with Crippen molar-refractivity contribution in [2.75, 3.05) is 26.2 Å². The van der Waals surface area contributed by atoms with E-state index in [1.807, 2.05) is 47.5 Å². The highest BCUT2D eigenvalue weighted by atomic mass is 35.5. The Morgan fingerprint density at radius 1 is 1.13 bits per heavy atom. The summed E-state index contributed by atoms with van der Waals surface area (Å²) in [5, 5.41) is 2.41. The van der Waals surface area contributed by atoms with Gasteiger partial charge in [-0.1, -0.05) is 29.8 Å². The average molecular weight is 459 g/mol. The number of halogens is 2. The van der Waals surface area contributed by atoms with Gasteiger partial charge in [0.05, 0.1) is 4.88 Å². The molecule has 3 aromatic rings. The number of thiophene rings is 1. The molecule has 1 fully saturated rings. The van der Waals surface area contributed by atoms with Gasteiger partial charge in [0.1, 0.15) is 18.2 Å². The molecule has 0 aliphatic carbocycles. The lowest BCUT2D eigenvalue weighted by Crippen LogP contribution is -2.48. The van der Waals surface area contributed by atoms with Crippen molar-refractivity contribution in [3.8, 4) is 5.75 Å². The number of amides is 1. The van der Waals surface area contributed by atoms with E-state index < -0.39 is 0 Å². The Bertz CT molecular complexity index is 1040. The molecule has 0 spiro atoms. The number of rotatable bonds is 6. The maximum Gasteiger partial charge on any atom is 0.264 e. The summed E-state index contributed by atoms with van der Waals surface area (Å²) in [4.78, 5) is 17.6. The Morgan fingerprint density at radius 2 is 1.90 bits per heavy atom. The average Bonchev–Trinajstić information content (AvgIpc) is 3.24. The van der Waals surface area contributed by atoms with Crippen molar-refractivity contribution in [1.82, 2.24) is 9.80 Å². The molecule has 0 bridgehead atoms. The second-order valence-electron chi connectivity index (χ2n) is 7.69. The molecule has 4 nitrogen and oxygen atoms in total. The SMILES string of the molecule is Cc1cccc(OCc2csc(C(=O)N3CCN(Cc4c(F)cccc4Cl)CC3)c2)c1. The molecule has 1 amide bonds. The van der Waals surface area contributed by atoms with Crippen molar-refractivity contribution in [3.05, 3.63) is 86.3 Å². The third kappa shape index (κ3) is 5.45. The van der Waals surface area contributed by atoms with Crippen molar-refractivity contribution in [1.29, 1.82) is 0 Å². The highest BCUT2D eigenvalue weighted by Gasteiger charge is 2.24. The fourth-order valence-electron chi connectivity index (χ4n) is 3.61. The summed E-state index contributed by atoms with van der Waals surface area (Å²) >= 11 is 7.59. The molecule has 0 N–H and O–H groups in total. The zero-order valence-corrected chi connectivity index (χ0v) is 18.9. The van der Waals surface area contributed by atoms with Gasteiger partial charge in [-0.2, -0.15) is 0 Å². The normalized spacial score (nSPS) is 14.6. The molecule has 4 rings (SSSR count). The minimum atomic E-state index is -0.287. The summed E-state index contributed by atoms with van der Waals surface area (Å²) in [6, 6.07) is 14.6. The van der Waals surface area contributed by atoms with Crippen molar-refractivity contribution in [3.63, 3.8) is 0 Å². The monoisotopic (exact) mass is 458 g/mol. The van der Waals surface area contributed by atoms with Crippen LogP contribution in [0, 0.1) is 12.7 Å². The fourth-order valence-corrected chi connectivity index (χ4v) is 4.69. The van der Waals surface area contributed by atoms with Crippen LogP contribution < -0.4 is 4.74 Å². The molecule has 1 saturated heterocycles. The molecular weight excluding hydrogens is 435 g/mol. The summed E-state index contributed by atoms with van der Waals surface area (Å²) in [7, 11) is 0. The van der Waals surface area contributed by atoms with Gasteiger partial charge in [0.25, 0.3) is 5.91 Å². The number of hydrogen-bond donors (Lipinski definition) is 0. The smallest absolute Gasteiger partial charge is 0.264 e. The molecular formula is C24H24ClFN2O2S. The molecule has 1 aromatic heterocycles. The lowest BCUT2D eigenvalue weighted by Gasteiger charge is -2.34. The van der Waals surface area contributed by atoms with Gasteiger partial charge >= 0.3 is 0 Å². The first-order chi connectivity index (χ1) is 15.0. The van der Waals surface area contributed by atoms with E-state index in [1.165, 1.54) is 17.4 Å². The van der Waals surface area contributed by atoms with E-state index in [1.54, 1.807) is 12.1 Å². The highest BCUT2D eigenvalue weighted by Crippen LogP contribution is 2.23. The quantitative estimate of drug-likeness (QED) is 0.496. The molecule has 2 heterocycles. The van der Waals surface area contributed by atoms with Crippen LogP contribution >= 0.6 is 22.9 Å². The van der Waals surface area contributed by atoms with Crippen molar-refractivity contribution in [2.24, 2.45) is 0 Å². The second kappa shape index (κ2) is 9.81. The third-order valence-corrected chi connectivity index (χ3v) is 6.68. The van der Waals surface area contributed by atoms with Gasteiger partial charge < -0.3 is 9.64 Å². The van der Waals surface area contributed by atoms with Crippen LogP contribution in [0.2, 0.25) is 5.02 Å². The van der Waals surface area contributed by atoms with Gasteiger partial charge in [0, 0.05) is 48.9 Å². The van der Waals surface area contributed by atoms with E-state index in [2.05, 4.69) is 4.90 Å².